The molecule has 0 bridgehead atoms. The monoisotopic (exact) mass is 708 g/mol. The van der Waals surface area contributed by atoms with Crippen molar-refractivity contribution in [2.45, 2.75) is 151 Å². The molecule has 1 aromatic heterocycles. The molecule has 52 heavy (non-hydrogen) atoms. The van der Waals surface area contributed by atoms with E-state index in [2.05, 4.69) is 81.8 Å². The molecule has 1 aliphatic heterocycles. The molecule has 6 aliphatic carbocycles. The van der Waals surface area contributed by atoms with Gasteiger partial charge in [-0.25, -0.2) is 4.98 Å². The van der Waals surface area contributed by atoms with Crippen molar-refractivity contribution in [2.24, 2.45) is 62.1 Å². The summed E-state index contributed by atoms with van der Waals surface area (Å²) in [5, 5.41) is 0. The third kappa shape index (κ3) is 4.75. The third-order valence-corrected chi connectivity index (χ3v) is 18.6. The summed E-state index contributed by atoms with van der Waals surface area (Å²) in [6, 6.07) is 10.5. The molecule has 1 amide bonds. The molecule has 0 radical (unpaired) electrons. The Balaban J connectivity index is 1.04. The SMILES string of the molecule is CC(=O)O[C@H]1CC[C@]2(C)[C@H]3CC[C@@H]4[C@H]5[C@H](C6(C)CC6)CC[C@]5(C(=O)N5CCC[C@H]5c5ncc(-c6ccccc6)[nH]5)CC[C@@]4(C)[C@]3(C)CC[C@H]2C1(C)C. The fraction of sp³-hybridized carbons (Fsp3) is 0.761. The summed E-state index contributed by atoms with van der Waals surface area (Å²) >= 11 is 0. The van der Waals surface area contributed by atoms with E-state index in [-0.39, 0.29) is 45.2 Å². The first kappa shape index (κ1) is 35.1. The number of fused-ring (bicyclic) bond motifs is 7. The number of ether oxygens (including phenoxy) is 1. The van der Waals surface area contributed by atoms with Gasteiger partial charge in [-0.1, -0.05) is 71.9 Å². The molecule has 0 unspecified atom stereocenters. The number of nitrogens with one attached hydrogen (secondary N) is 1. The van der Waals surface area contributed by atoms with Crippen LogP contribution >= 0.6 is 0 Å². The van der Waals surface area contributed by atoms with Crippen LogP contribution in [-0.4, -0.2) is 39.4 Å². The molecule has 282 valence electrons. The molecule has 6 nitrogen and oxygen atoms in total. The first-order chi connectivity index (χ1) is 24.7. The lowest BCUT2D eigenvalue weighted by Gasteiger charge is -2.73. The lowest BCUT2D eigenvalue weighted by atomic mass is 9.32. The van der Waals surface area contributed by atoms with E-state index in [1.165, 1.54) is 51.4 Å². The second kappa shape index (κ2) is 11.7. The van der Waals surface area contributed by atoms with Crippen molar-refractivity contribution in [1.82, 2.24) is 14.9 Å². The minimum absolute atomic E-state index is 0.0136. The van der Waals surface area contributed by atoms with Crippen molar-refractivity contribution in [2.75, 3.05) is 6.54 Å². The maximum Gasteiger partial charge on any atom is 0.302 e. The van der Waals surface area contributed by atoms with Gasteiger partial charge in [0.15, 0.2) is 0 Å². The van der Waals surface area contributed by atoms with E-state index in [4.69, 9.17) is 9.72 Å². The predicted octanol–water partition coefficient (Wildman–Crippen LogP) is 10.6. The Morgan fingerprint density at radius 3 is 2.29 bits per heavy atom. The molecule has 1 aromatic carbocycles. The smallest absolute Gasteiger partial charge is 0.302 e. The molecule has 2 heterocycles. The lowest BCUT2D eigenvalue weighted by molar-refractivity contribution is -0.251. The quantitative estimate of drug-likeness (QED) is 0.314. The molecule has 6 heteroatoms. The normalized spacial score (nSPS) is 44.2. The van der Waals surface area contributed by atoms with E-state index < -0.39 is 0 Å². The number of hydrogen-bond acceptors (Lipinski definition) is 4. The number of aromatic nitrogens is 2. The van der Waals surface area contributed by atoms with Crippen LogP contribution in [0, 0.1) is 62.1 Å². The topological polar surface area (TPSA) is 75.3 Å². The van der Waals surface area contributed by atoms with Crippen molar-refractivity contribution in [3.8, 4) is 11.3 Å². The number of carbonyl (C=O) groups excluding carboxylic acids is 2. The number of aromatic amines is 1. The Morgan fingerprint density at radius 2 is 1.56 bits per heavy atom. The number of benzene rings is 1. The Bertz CT molecular complexity index is 1730. The number of imidazole rings is 1. The van der Waals surface area contributed by atoms with E-state index >= 15 is 4.79 Å². The summed E-state index contributed by atoms with van der Waals surface area (Å²) in [5.41, 5.74) is 3.03. The van der Waals surface area contributed by atoms with E-state index in [9.17, 15) is 4.79 Å². The number of carbonyl (C=O) groups is 2. The zero-order valence-corrected chi connectivity index (χ0v) is 33.2. The molecular weight excluding hydrogens is 643 g/mol. The van der Waals surface area contributed by atoms with Gasteiger partial charge in [-0.3, -0.25) is 9.59 Å². The van der Waals surface area contributed by atoms with Crippen LogP contribution in [0.2, 0.25) is 0 Å². The Morgan fingerprint density at radius 1 is 0.788 bits per heavy atom. The van der Waals surface area contributed by atoms with Gasteiger partial charge in [0.05, 0.1) is 23.3 Å². The molecule has 6 saturated carbocycles. The van der Waals surface area contributed by atoms with Gasteiger partial charge in [-0.15, -0.1) is 0 Å². The van der Waals surface area contributed by atoms with Crippen molar-refractivity contribution >= 4 is 11.9 Å². The van der Waals surface area contributed by atoms with E-state index in [1.807, 2.05) is 6.20 Å². The molecule has 1 saturated heterocycles. The summed E-state index contributed by atoms with van der Waals surface area (Å²) in [6.07, 6.45) is 18.4. The highest BCUT2D eigenvalue weighted by Crippen LogP contribution is 2.79. The largest absolute Gasteiger partial charge is 0.462 e. The molecular formula is C46H65N3O3. The highest BCUT2D eigenvalue weighted by molar-refractivity contribution is 5.84. The number of esters is 1. The standard InChI is InChI=1S/C46H65N3O3/c1-29(50)52-37-19-20-43(5)35(41(37,2)3)18-21-45(7)36(43)16-15-32-38-31(42(4)23-24-42)17-22-46(38,26-25-44(32,45)6)40(51)49-27-11-14-34(49)39-47-28-33(48-39)30-12-9-8-10-13-30/h8-10,12-13,28,31-32,34-38H,11,14-27H2,1-7H3,(H,47,48)/t31-,32-,34+,35+,36-,37+,38-,43+,44-,45-,46+/m1/s1. The molecule has 11 atom stereocenters. The predicted molar refractivity (Wildman–Crippen MR) is 205 cm³/mol. The molecule has 7 fully saturated rings. The van der Waals surface area contributed by atoms with Gasteiger partial charge in [0.25, 0.3) is 0 Å². The van der Waals surface area contributed by atoms with Crippen LogP contribution in [0.3, 0.4) is 0 Å². The van der Waals surface area contributed by atoms with Gasteiger partial charge >= 0.3 is 5.97 Å². The maximum absolute atomic E-state index is 15.6. The Kier molecular flexibility index (Phi) is 7.89. The highest BCUT2D eigenvalue weighted by atomic mass is 16.5. The number of likely N-dealkylation sites (tertiary alicyclic amines) is 1. The Labute approximate surface area is 313 Å². The maximum atomic E-state index is 15.6. The van der Waals surface area contributed by atoms with E-state index in [0.29, 0.717) is 40.9 Å². The van der Waals surface area contributed by atoms with Gasteiger partial charge in [-0.05, 0) is 147 Å². The number of hydrogen-bond donors (Lipinski definition) is 1. The Hall–Kier alpha value is -2.63. The highest BCUT2D eigenvalue weighted by Gasteiger charge is 2.74. The zero-order valence-electron chi connectivity index (χ0n) is 33.2. The summed E-state index contributed by atoms with van der Waals surface area (Å²) in [6.45, 7) is 17.9. The lowest BCUT2D eigenvalue weighted by Crippen LogP contribution is -2.67. The van der Waals surface area contributed by atoms with Gasteiger partial charge in [0.2, 0.25) is 5.91 Å². The van der Waals surface area contributed by atoms with Crippen LogP contribution in [0.25, 0.3) is 11.3 Å². The minimum atomic E-state index is -0.244. The number of nitrogens with zero attached hydrogens (tertiary/aromatic N) is 2. The zero-order chi connectivity index (χ0) is 36.5. The van der Waals surface area contributed by atoms with Gasteiger partial charge in [0.1, 0.15) is 11.9 Å². The summed E-state index contributed by atoms with van der Waals surface area (Å²) in [4.78, 5) is 38.6. The molecule has 7 aliphatic rings. The molecule has 1 N–H and O–H groups in total. The van der Waals surface area contributed by atoms with Crippen LogP contribution in [0.5, 0.6) is 0 Å². The second-order valence-electron chi connectivity index (χ2n) is 20.8. The number of rotatable bonds is 5. The van der Waals surface area contributed by atoms with Crippen molar-refractivity contribution in [3.63, 3.8) is 0 Å². The van der Waals surface area contributed by atoms with Gasteiger partial charge in [-0.2, -0.15) is 0 Å². The van der Waals surface area contributed by atoms with Crippen LogP contribution in [0.1, 0.15) is 150 Å². The molecule has 2 aromatic rings. The summed E-state index contributed by atoms with van der Waals surface area (Å²) < 4.78 is 6.02. The van der Waals surface area contributed by atoms with Gasteiger partial charge < -0.3 is 14.6 Å². The average Bonchev–Trinajstić information content (AvgIpc) is 3.50. The van der Waals surface area contributed by atoms with Crippen LogP contribution in [0.4, 0.5) is 0 Å². The summed E-state index contributed by atoms with van der Waals surface area (Å²) in [7, 11) is 0. The number of amides is 1. The van der Waals surface area contributed by atoms with Crippen molar-refractivity contribution in [3.05, 3.63) is 42.4 Å². The average molecular weight is 708 g/mol. The first-order valence-electron chi connectivity index (χ1n) is 21.3. The van der Waals surface area contributed by atoms with Crippen LogP contribution in [-0.2, 0) is 14.3 Å². The minimum Gasteiger partial charge on any atom is -0.462 e. The summed E-state index contributed by atoms with van der Waals surface area (Å²) in [5.74, 6) is 4.25. The van der Waals surface area contributed by atoms with E-state index in [1.54, 1.807) is 6.92 Å². The number of H-pyrrole nitrogens is 1. The van der Waals surface area contributed by atoms with Crippen LogP contribution < -0.4 is 0 Å². The third-order valence-electron chi connectivity index (χ3n) is 18.6. The fourth-order valence-electron chi connectivity index (χ4n) is 15.5. The van der Waals surface area contributed by atoms with E-state index in [0.717, 1.165) is 62.2 Å². The second-order valence-corrected chi connectivity index (χ2v) is 20.8. The van der Waals surface area contributed by atoms with Gasteiger partial charge in [0, 0.05) is 18.9 Å². The fourth-order valence-corrected chi connectivity index (χ4v) is 15.5. The molecule has 0 spiro atoms. The van der Waals surface area contributed by atoms with Crippen molar-refractivity contribution < 1.29 is 14.3 Å². The van der Waals surface area contributed by atoms with Crippen molar-refractivity contribution in [1.29, 1.82) is 0 Å². The molecule has 9 rings (SSSR count). The first-order valence-corrected chi connectivity index (χ1v) is 21.3. The van der Waals surface area contributed by atoms with Crippen LogP contribution in [0.15, 0.2) is 36.5 Å².